The molecule has 3 rings (SSSR count). The van der Waals surface area contributed by atoms with Crippen LogP contribution in [0.1, 0.15) is 108 Å². The van der Waals surface area contributed by atoms with Gasteiger partial charge in [-0.1, -0.05) is 80.5 Å². The number of ether oxygens (including phenoxy) is 3. The Morgan fingerprint density at radius 3 is 2.13 bits per heavy atom. The summed E-state index contributed by atoms with van der Waals surface area (Å²) in [6, 6.07) is 0. The number of carbonyl (C=O) groups is 2. The summed E-state index contributed by atoms with van der Waals surface area (Å²) in [6.07, 6.45) is 9.86. The average molecular weight is 693 g/mol. The zero-order valence-electron chi connectivity index (χ0n) is 32.2. The second-order valence-corrected chi connectivity index (χ2v) is 21.8. The SMILES string of the molecule is CCOC(CC)(CC)C(=O)O[C@H]1C[C@H](C(C)(C)C)C=C2C=C[C@H](C)[C@](CC[C@@H]3C[C@H](C(C)(C)C)C(O[SiH](C)C)C(=O)O3)(O[SiH](C)C)[C@H]21. The van der Waals surface area contributed by atoms with Gasteiger partial charge in [-0.3, -0.25) is 0 Å². The topological polar surface area (TPSA) is 80.3 Å². The smallest absolute Gasteiger partial charge is 0.338 e. The minimum absolute atomic E-state index is 0.00190. The number of cyclic esters (lactones) is 1. The number of hydrogen-bond acceptors (Lipinski definition) is 7. The van der Waals surface area contributed by atoms with Crippen LogP contribution >= 0.6 is 0 Å². The van der Waals surface area contributed by atoms with E-state index in [1.165, 1.54) is 5.57 Å². The predicted molar refractivity (Wildman–Crippen MR) is 195 cm³/mol. The van der Waals surface area contributed by atoms with E-state index < -0.39 is 35.4 Å². The van der Waals surface area contributed by atoms with Crippen LogP contribution in [0.4, 0.5) is 0 Å². The van der Waals surface area contributed by atoms with Crippen LogP contribution in [-0.4, -0.2) is 66.1 Å². The molecule has 1 fully saturated rings. The standard InChI is InChI=1S/C38H68O7Si2/c1-15-37(16-2,41-17-3)34(40)43-30-23-27(35(5,6)7)22-26-19-18-25(4)38(31(26)30,45-47(13)14)21-20-28-24-29(36(8,9)10)32(33(39)42-28)44-46(11)12/h18-19,22,25,27-32,46-47H,15-17,20-21,23-24H2,1-14H3/t25-,27+,28+,29-,30-,31+,32?,38-/m0/s1. The maximum absolute atomic E-state index is 14.1. The highest BCUT2D eigenvalue weighted by Crippen LogP contribution is 2.53. The molecule has 7 nitrogen and oxygen atoms in total. The molecule has 2 aliphatic carbocycles. The van der Waals surface area contributed by atoms with Crippen LogP contribution in [-0.2, 0) is 32.7 Å². The minimum Gasteiger partial charge on any atom is -0.460 e. The van der Waals surface area contributed by atoms with E-state index >= 15 is 0 Å². The zero-order valence-corrected chi connectivity index (χ0v) is 34.5. The molecule has 0 N–H and O–H groups in total. The van der Waals surface area contributed by atoms with E-state index in [9.17, 15) is 9.59 Å². The van der Waals surface area contributed by atoms with Gasteiger partial charge in [-0.2, -0.15) is 0 Å². The van der Waals surface area contributed by atoms with Gasteiger partial charge in [0.15, 0.2) is 23.7 Å². The summed E-state index contributed by atoms with van der Waals surface area (Å²) < 4.78 is 32.5. The van der Waals surface area contributed by atoms with Gasteiger partial charge in [-0.05, 0) is 94.0 Å². The summed E-state index contributed by atoms with van der Waals surface area (Å²) in [4.78, 5) is 27.6. The predicted octanol–water partition coefficient (Wildman–Crippen LogP) is 8.17. The second kappa shape index (κ2) is 15.7. The molecule has 0 aromatic rings. The molecule has 1 unspecified atom stereocenters. The van der Waals surface area contributed by atoms with E-state index in [0.29, 0.717) is 32.3 Å². The van der Waals surface area contributed by atoms with Crippen LogP contribution in [0.25, 0.3) is 0 Å². The number of fused-ring (bicyclic) bond motifs is 1. The van der Waals surface area contributed by atoms with Crippen LogP contribution in [0.15, 0.2) is 23.8 Å². The van der Waals surface area contributed by atoms with Crippen molar-refractivity contribution in [1.82, 2.24) is 0 Å². The molecule has 1 heterocycles. The van der Waals surface area contributed by atoms with Gasteiger partial charge in [0.05, 0.1) is 5.60 Å². The highest BCUT2D eigenvalue weighted by Gasteiger charge is 2.56. The number of rotatable bonds is 13. The molecule has 0 spiro atoms. The first-order valence-corrected chi connectivity index (χ1v) is 24.1. The summed E-state index contributed by atoms with van der Waals surface area (Å²) in [5.41, 5.74) is -0.463. The lowest BCUT2D eigenvalue weighted by Crippen LogP contribution is -2.58. The third-order valence-electron chi connectivity index (χ3n) is 11.0. The molecule has 0 radical (unpaired) electrons. The van der Waals surface area contributed by atoms with Crippen LogP contribution in [0.3, 0.4) is 0 Å². The molecule has 270 valence electrons. The Morgan fingerprint density at radius 2 is 1.62 bits per heavy atom. The van der Waals surface area contributed by atoms with Crippen LogP contribution in [0, 0.1) is 34.5 Å². The quantitative estimate of drug-likeness (QED) is 0.142. The number of esters is 2. The van der Waals surface area contributed by atoms with E-state index in [1.807, 2.05) is 20.8 Å². The van der Waals surface area contributed by atoms with Crippen molar-refractivity contribution in [3.63, 3.8) is 0 Å². The molecular weight excluding hydrogens is 625 g/mol. The lowest BCUT2D eigenvalue weighted by Gasteiger charge is -2.54. The summed E-state index contributed by atoms with van der Waals surface area (Å²) in [5, 5.41) is 0. The van der Waals surface area contributed by atoms with Crippen molar-refractivity contribution < 1.29 is 32.7 Å². The van der Waals surface area contributed by atoms with Crippen molar-refractivity contribution in [3.05, 3.63) is 23.8 Å². The van der Waals surface area contributed by atoms with E-state index in [1.54, 1.807) is 0 Å². The first-order valence-electron chi connectivity index (χ1n) is 18.5. The molecule has 3 aliphatic rings. The fourth-order valence-electron chi connectivity index (χ4n) is 8.23. The largest absolute Gasteiger partial charge is 0.460 e. The number of carbonyl (C=O) groups excluding carboxylic acids is 2. The fourth-order valence-corrected chi connectivity index (χ4v) is 10.5. The second-order valence-electron chi connectivity index (χ2n) is 17.1. The van der Waals surface area contributed by atoms with Crippen molar-refractivity contribution in [2.45, 2.75) is 163 Å². The molecule has 1 aliphatic heterocycles. The molecule has 0 aromatic heterocycles. The van der Waals surface area contributed by atoms with Gasteiger partial charge < -0.3 is 23.1 Å². The fraction of sp³-hybridized carbons (Fsp3) is 0.842. The number of allylic oxidation sites excluding steroid dienone is 2. The summed E-state index contributed by atoms with van der Waals surface area (Å²) in [6.45, 7) is 30.7. The van der Waals surface area contributed by atoms with Gasteiger partial charge in [0.2, 0.25) is 0 Å². The van der Waals surface area contributed by atoms with Gasteiger partial charge in [0.25, 0.3) is 0 Å². The molecule has 0 saturated carbocycles. The maximum Gasteiger partial charge on any atom is 0.338 e. The van der Waals surface area contributed by atoms with Crippen molar-refractivity contribution in [2.24, 2.45) is 34.5 Å². The van der Waals surface area contributed by atoms with E-state index in [-0.39, 0.29) is 58.6 Å². The Hall–Kier alpha value is -1.27. The zero-order chi connectivity index (χ0) is 35.5. The molecular formula is C38H68O7Si2. The Kier molecular flexibility index (Phi) is 13.4. The van der Waals surface area contributed by atoms with Crippen LogP contribution in [0.2, 0.25) is 26.2 Å². The van der Waals surface area contributed by atoms with Crippen LogP contribution < -0.4 is 0 Å². The molecule has 1 saturated heterocycles. The molecule has 0 amide bonds. The van der Waals surface area contributed by atoms with Gasteiger partial charge in [0, 0.05) is 24.4 Å². The van der Waals surface area contributed by atoms with Gasteiger partial charge >= 0.3 is 11.9 Å². The first kappa shape index (κ1) is 40.2. The van der Waals surface area contributed by atoms with Crippen molar-refractivity contribution in [2.75, 3.05) is 6.61 Å². The summed E-state index contributed by atoms with van der Waals surface area (Å²) in [5.74, 6) is -0.233. The normalized spacial score (nSPS) is 31.9. The Bertz CT molecular complexity index is 1130. The third-order valence-corrected chi connectivity index (χ3v) is 12.8. The maximum atomic E-state index is 14.1. The molecule has 9 heteroatoms. The third kappa shape index (κ3) is 9.10. The van der Waals surface area contributed by atoms with E-state index in [2.05, 4.69) is 92.9 Å². The molecule has 0 bridgehead atoms. The van der Waals surface area contributed by atoms with Gasteiger partial charge in [-0.15, -0.1) is 0 Å². The van der Waals surface area contributed by atoms with E-state index in [0.717, 1.165) is 12.8 Å². The van der Waals surface area contributed by atoms with Crippen molar-refractivity contribution in [1.29, 1.82) is 0 Å². The lowest BCUT2D eigenvalue weighted by molar-refractivity contribution is -0.190. The van der Waals surface area contributed by atoms with Gasteiger partial charge in [0.1, 0.15) is 18.3 Å². The highest BCUT2D eigenvalue weighted by molar-refractivity contribution is 6.48. The summed E-state index contributed by atoms with van der Waals surface area (Å²) in [7, 11) is -3.03. The van der Waals surface area contributed by atoms with Crippen molar-refractivity contribution in [3.8, 4) is 0 Å². The molecule has 8 atom stereocenters. The first-order chi connectivity index (χ1) is 21.7. The highest BCUT2D eigenvalue weighted by atomic mass is 28.3. The van der Waals surface area contributed by atoms with Crippen LogP contribution in [0.5, 0.6) is 0 Å². The van der Waals surface area contributed by atoms with Crippen molar-refractivity contribution >= 4 is 30.0 Å². The minimum atomic E-state index is -1.59. The Morgan fingerprint density at radius 1 is 0.979 bits per heavy atom. The summed E-state index contributed by atoms with van der Waals surface area (Å²) >= 11 is 0. The lowest BCUT2D eigenvalue weighted by atomic mass is 9.59. The number of hydrogen-bond donors (Lipinski definition) is 0. The molecule has 47 heavy (non-hydrogen) atoms. The Labute approximate surface area is 290 Å². The monoisotopic (exact) mass is 692 g/mol. The Balaban J connectivity index is 2.06. The average Bonchev–Trinajstić information content (AvgIpc) is 2.96. The molecule has 0 aromatic carbocycles. The van der Waals surface area contributed by atoms with E-state index in [4.69, 9.17) is 23.1 Å². The van der Waals surface area contributed by atoms with Gasteiger partial charge in [-0.25, -0.2) is 9.59 Å².